The molecule has 3 aromatic rings. The SMILES string of the molecule is CS(=O)(=O)c1ccc(NC(=O)c2nn(CC3(c4ccccc4)CCCC3)cc(O)c2=O)cc1. The molecule has 1 aliphatic rings. The molecule has 4 rings (SSSR count). The Morgan fingerprint density at radius 2 is 1.73 bits per heavy atom. The minimum Gasteiger partial charge on any atom is -0.503 e. The summed E-state index contributed by atoms with van der Waals surface area (Å²) in [5.41, 5.74) is -0.00932. The molecule has 1 amide bonds. The Bertz CT molecular complexity index is 1330. The topological polar surface area (TPSA) is 118 Å². The van der Waals surface area contributed by atoms with E-state index in [0.717, 1.165) is 31.9 Å². The first kappa shape index (κ1) is 22.7. The van der Waals surface area contributed by atoms with Crippen molar-refractivity contribution in [2.75, 3.05) is 11.6 Å². The van der Waals surface area contributed by atoms with E-state index in [2.05, 4.69) is 22.5 Å². The molecule has 0 unspecified atom stereocenters. The van der Waals surface area contributed by atoms with Crippen LogP contribution in [0.3, 0.4) is 0 Å². The summed E-state index contributed by atoms with van der Waals surface area (Å²) in [4.78, 5) is 25.4. The molecule has 172 valence electrons. The fourth-order valence-electron chi connectivity index (χ4n) is 4.42. The van der Waals surface area contributed by atoms with Gasteiger partial charge in [0.2, 0.25) is 0 Å². The van der Waals surface area contributed by atoms with Crippen molar-refractivity contribution < 1.29 is 18.3 Å². The number of benzene rings is 2. The highest BCUT2D eigenvalue weighted by atomic mass is 32.2. The van der Waals surface area contributed by atoms with Crippen LogP contribution in [0.4, 0.5) is 5.69 Å². The Kier molecular flexibility index (Phi) is 6.07. The monoisotopic (exact) mass is 467 g/mol. The molecule has 0 spiro atoms. The normalized spacial score (nSPS) is 15.3. The number of hydrogen-bond acceptors (Lipinski definition) is 6. The molecule has 9 heteroatoms. The molecule has 2 aromatic carbocycles. The third kappa shape index (κ3) is 4.83. The summed E-state index contributed by atoms with van der Waals surface area (Å²) < 4.78 is 24.7. The van der Waals surface area contributed by atoms with Crippen molar-refractivity contribution in [3.05, 3.63) is 82.3 Å². The van der Waals surface area contributed by atoms with E-state index in [0.29, 0.717) is 12.2 Å². The van der Waals surface area contributed by atoms with Gasteiger partial charge in [0.25, 0.3) is 11.3 Å². The number of rotatable bonds is 6. The van der Waals surface area contributed by atoms with E-state index >= 15 is 0 Å². The maximum absolute atomic E-state index is 12.8. The van der Waals surface area contributed by atoms with Crippen LogP contribution in [0.2, 0.25) is 0 Å². The van der Waals surface area contributed by atoms with Crippen molar-refractivity contribution in [2.45, 2.75) is 42.5 Å². The van der Waals surface area contributed by atoms with Gasteiger partial charge in [-0.25, -0.2) is 8.42 Å². The van der Waals surface area contributed by atoms with Crippen LogP contribution in [0.1, 0.15) is 41.7 Å². The average Bonchev–Trinajstić information content (AvgIpc) is 3.26. The molecule has 33 heavy (non-hydrogen) atoms. The second-order valence-corrected chi connectivity index (χ2v) is 10.5. The molecule has 0 radical (unpaired) electrons. The molecular weight excluding hydrogens is 442 g/mol. The molecule has 1 saturated carbocycles. The zero-order valence-electron chi connectivity index (χ0n) is 18.2. The van der Waals surface area contributed by atoms with E-state index in [1.54, 1.807) is 0 Å². The average molecular weight is 468 g/mol. The lowest BCUT2D eigenvalue weighted by atomic mass is 9.79. The Labute approximate surface area is 191 Å². The lowest BCUT2D eigenvalue weighted by molar-refractivity contribution is 0.101. The number of anilines is 1. The number of amides is 1. The maximum atomic E-state index is 12.8. The Balaban J connectivity index is 1.62. The van der Waals surface area contributed by atoms with Crippen LogP contribution in [0.5, 0.6) is 5.75 Å². The van der Waals surface area contributed by atoms with Crippen LogP contribution in [0.15, 0.2) is 70.5 Å². The first-order chi connectivity index (χ1) is 15.7. The van der Waals surface area contributed by atoms with Gasteiger partial charge in [0.05, 0.1) is 17.6 Å². The molecule has 0 atom stereocenters. The summed E-state index contributed by atoms with van der Waals surface area (Å²) in [6.45, 7) is 0.425. The van der Waals surface area contributed by atoms with E-state index in [9.17, 15) is 23.1 Å². The quantitative estimate of drug-likeness (QED) is 0.575. The van der Waals surface area contributed by atoms with Crippen molar-refractivity contribution in [3.63, 3.8) is 0 Å². The van der Waals surface area contributed by atoms with Gasteiger partial charge in [-0.15, -0.1) is 0 Å². The van der Waals surface area contributed by atoms with Crippen LogP contribution in [-0.4, -0.2) is 35.5 Å². The number of hydrogen-bond donors (Lipinski definition) is 2. The van der Waals surface area contributed by atoms with Crippen LogP contribution >= 0.6 is 0 Å². The highest BCUT2D eigenvalue weighted by Crippen LogP contribution is 2.42. The zero-order chi connectivity index (χ0) is 23.6. The zero-order valence-corrected chi connectivity index (χ0v) is 19.0. The highest BCUT2D eigenvalue weighted by Gasteiger charge is 2.36. The number of nitrogens with zero attached hydrogens (tertiary/aromatic N) is 2. The summed E-state index contributed by atoms with van der Waals surface area (Å²) in [5, 5.41) is 17.0. The summed E-state index contributed by atoms with van der Waals surface area (Å²) in [6, 6.07) is 15.7. The molecule has 8 nitrogen and oxygen atoms in total. The van der Waals surface area contributed by atoms with Crippen LogP contribution in [0, 0.1) is 0 Å². The van der Waals surface area contributed by atoms with Crippen molar-refractivity contribution in [2.24, 2.45) is 0 Å². The molecule has 1 aromatic heterocycles. The standard InChI is InChI=1S/C24H25N3O5S/c1-33(31,32)19-11-9-18(10-12-19)25-23(30)21-22(29)20(28)15-27(26-21)16-24(13-5-6-14-24)17-7-3-2-4-8-17/h2-4,7-12,15,28H,5-6,13-14,16H2,1H3,(H,25,30). The fourth-order valence-corrected chi connectivity index (χ4v) is 5.05. The number of aromatic nitrogens is 2. The predicted octanol–water partition coefficient (Wildman–Crippen LogP) is 3.12. The second kappa shape index (κ2) is 8.82. The van der Waals surface area contributed by atoms with Crippen molar-refractivity contribution in [1.82, 2.24) is 9.78 Å². The summed E-state index contributed by atoms with van der Waals surface area (Å²) in [7, 11) is -3.37. The number of nitrogens with one attached hydrogen (secondary N) is 1. The van der Waals surface area contributed by atoms with E-state index in [1.165, 1.54) is 40.7 Å². The third-order valence-electron chi connectivity index (χ3n) is 6.11. The number of carbonyl (C=O) groups excluding carboxylic acids is 1. The van der Waals surface area contributed by atoms with Crippen molar-refractivity contribution in [1.29, 1.82) is 0 Å². The molecule has 1 fully saturated rings. The molecule has 2 N–H and O–H groups in total. The minimum atomic E-state index is -3.37. The van der Waals surface area contributed by atoms with Crippen molar-refractivity contribution >= 4 is 21.4 Å². The Hall–Kier alpha value is -3.46. The minimum absolute atomic E-state index is 0.112. The van der Waals surface area contributed by atoms with E-state index in [1.807, 2.05) is 18.2 Å². The molecule has 0 saturated heterocycles. The molecule has 1 heterocycles. The maximum Gasteiger partial charge on any atom is 0.280 e. The largest absolute Gasteiger partial charge is 0.503 e. The first-order valence-corrected chi connectivity index (χ1v) is 12.5. The summed E-state index contributed by atoms with van der Waals surface area (Å²) in [6.07, 6.45) is 6.38. The van der Waals surface area contributed by atoms with E-state index in [-0.39, 0.29) is 10.3 Å². The summed E-state index contributed by atoms with van der Waals surface area (Å²) >= 11 is 0. The number of aromatic hydroxyl groups is 1. The van der Waals surface area contributed by atoms with Gasteiger partial charge < -0.3 is 10.4 Å². The van der Waals surface area contributed by atoms with Crippen LogP contribution in [0.25, 0.3) is 0 Å². The highest BCUT2D eigenvalue weighted by molar-refractivity contribution is 7.90. The van der Waals surface area contributed by atoms with E-state index < -0.39 is 32.6 Å². The van der Waals surface area contributed by atoms with Crippen LogP contribution in [-0.2, 0) is 21.8 Å². The molecule has 0 aliphatic heterocycles. The molecule has 1 aliphatic carbocycles. The molecular formula is C24H25N3O5S. The molecule has 0 bridgehead atoms. The van der Waals surface area contributed by atoms with Gasteiger partial charge in [-0.3, -0.25) is 14.3 Å². The smallest absolute Gasteiger partial charge is 0.280 e. The van der Waals surface area contributed by atoms with Gasteiger partial charge in [-0.1, -0.05) is 43.2 Å². The Morgan fingerprint density at radius 1 is 1.09 bits per heavy atom. The van der Waals surface area contributed by atoms with Gasteiger partial charge in [-0.2, -0.15) is 5.10 Å². The fraction of sp³-hybridized carbons (Fsp3) is 0.292. The lowest BCUT2D eigenvalue weighted by Gasteiger charge is -2.30. The first-order valence-electron chi connectivity index (χ1n) is 10.7. The summed E-state index contributed by atoms with van der Waals surface area (Å²) in [5.74, 6) is -1.33. The van der Waals surface area contributed by atoms with Gasteiger partial charge >= 0.3 is 0 Å². The van der Waals surface area contributed by atoms with Gasteiger partial charge in [0, 0.05) is 17.4 Å². The number of carbonyl (C=O) groups is 1. The predicted molar refractivity (Wildman–Crippen MR) is 124 cm³/mol. The lowest BCUT2D eigenvalue weighted by Crippen LogP contribution is -2.32. The second-order valence-electron chi connectivity index (χ2n) is 8.49. The van der Waals surface area contributed by atoms with Gasteiger partial charge in [-0.05, 0) is 42.7 Å². The van der Waals surface area contributed by atoms with Gasteiger partial charge in [0.1, 0.15) is 0 Å². The van der Waals surface area contributed by atoms with Crippen LogP contribution < -0.4 is 10.7 Å². The third-order valence-corrected chi connectivity index (χ3v) is 7.24. The number of sulfone groups is 1. The van der Waals surface area contributed by atoms with Crippen molar-refractivity contribution in [3.8, 4) is 5.75 Å². The Morgan fingerprint density at radius 3 is 2.33 bits per heavy atom. The van der Waals surface area contributed by atoms with E-state index in [4.69, 9.17) is 0 Å². The van der Waals surface area contributed by atoms with Gasteiger partial charge in [0.15, 0.2) is 21.3 Å².